The predicted octanol–water partition coefficient (Wildman–Crippen LogP) is 1.76. The summed E-state index contributed by atoms with van der Waals surface area (Å²) < 4.78 is 7.85. The van der Waals surface area contributed by atoms with E-state index in [1.165, 1.54) is 36.5 Å². The number of carbonyl (C=O) groups is 4. The van der Waals surface area contributed by atoms with Crippen LogP contribution in [0.3, 0.4) is 0 Å². The molecule has 1 aliphatic heterocycles. The van der Waals surface area contributed by atoms with Crippen molar-refractivity contribution in [1.29, 1.82) is 0 Å². The molecule has 5 rings (SSSR count). The van der Waals surface area contributed by atoms with Gasteiger partial charge in [0.05, 0.1) is 17.0 Å². The van der Waals surface area contributed by atoms with E-state index in [2.05, 4.69) is 26.3 Å². The van der Waals surface area contributed by atoms with Gasteiger partial charge in [0.1, 0.15) is 35.4 Å². The topological polar surface area (TPSA) is 207 Å². The zero-order valence-electron chi connectivity index (χ0n) is 27.2. The summed E-state index contributed by atoms with van der Waals surface area (Å²) in [5.74, 6) is -1.86. The van der Waals surface area contributed by atoms with E-state index in [4.69, 9.17) is 10.5 Å². The van der Waals surface area contributed by atoms with Crippen LogP contribution >= 0.6 is 0 Å². The lowest BCUT2D eigenvalue weighted by Gasteiger charge is -2.25. The molecule has 0 saturated carbocycles. The molecule has 0 bridgehead atoms. The molecule has 4 amide bonds. The summed E-state index contributed by atoms with van der Waals surface area (Å²) >= 11 is 0. The fraction of sp³-hybridized carbons (Fsp3) is 0.314. The minimum Gasteiger partial charge on any atom is -0.508 e. The fourth-order valence-electron chi connectivity index (χ4n) is 5.52. The van der Waals surface area contributed by atoms with Gasteiger partial charge in [0.15, 0.2) is 0 Å². The van der Waals surface area contributed by atoms with Crippen LogP contribution in [0, 0.1) is 6.92 Å². The summed E-state index contributed by atoms with van der Waals surface area (Å²) in [5.41, 5.74) is 7.45. The number of hydrogen-bond acceptors (Lipinski definition) is 9. The number of aryl methyl sites for hydroxylation is 2. The van der Waals surface area contributed by atoms with Gasteiger partial charge in [0, 0.05) is 37.1 Å². The Balaban J connectivity index is 1.44. The van der Waals surface area contributed by atoms with Crippen molar-refractivity contribution in [2.75, 3.05) is 25.0 Å². The smallest absolute Gasteiger partial charge is 0.261 e. The molecule has 0 unspecified atom stereocenters. The third kappa shape index (κ3) is 8.40. The molecule has 2 aromatic carbocycles. The number of benzene rings is 2. The number of fused-ring (bicyclic) bond motifs is 2. The minimum atomic E-state index is -0.888. The lowest BCUT2D eigenvalue weighted by Crippen LogP contribution is -2.52. The Kier molecular flexibility index (Phi) is 10.9. The largest absolute Gasteiger partial charge is 0.508 e. The summed E-state index contributed by atoms with van der Waals surface area (Å²) in [6, 6.07) is 12.8. The Morgan fingerprint density at radius 2 is 1.86 bits per heavy atom. The predicted molar refractivity (Wildman–Crippen MR) is 183 cm³/mol. The SMILES string of the molecule is CCn1cc(C(=O)Nc2ccc3c(c2)C(=O)NCCC(=O)N[C@H](CCN)C(=O)N[C@H](Cc2ccc(O)cc2)CO3)c(=O)c2ccc(C)nc21. The van der Waals surface area contributed by atoms with Crippen LogP contribution in [0.5, 0.6) is 11.5 Å². The number of rotatable bonds is 7. The van der Waals surface area contributed by atoms with E-state index in [0.717, 1.165) is 11.3 Å². The van der Waals surface area contributed by atoms with E-state index in [9.17, 15) is 29.1 Å². The lowest BCUT2D eigenvalue weighted by atomic mass is 10.0. The first kappa shape index (κ1) is 34.6. The number of nitrogens with one attached hydrogen (secondary N) is 4. The van der Waals surface area contributed by atoms with Gasteiger partial charge in [-0.3, -0.25) is 24.0 Å². The van der Waals surface area contributed by atoms with Crippen molar-refractivity contribution in [3.63, 3.8) is 0 Å². The van der Waals surface area contributed by atoms with Gasteiger partial charge < -0.3 is 41.4 Å². The van der Waals surface area contributed by atoms with Crippen molar-refractivity contribution >= 4 is 40.3 Å². The van der Waals surface area contributed by atoms with Gasteiger partial charge in [0.2, 0.25) is 17.2 Å². The van der Waals surface area contributed by atoms with E-state index in [-0.39, 0.29) is 60.9 Å². The highest BCUT2D eigenvalue weighted by molar-refractivity contribution is 6.06. The van der Waals surface area contributed by atoms with Crippen molar-refractivity contribution in [3.05, 3.63) is 93.4 Å². The Bertz CT molecular complexity index is 1940. The zero-order chi connectivity index (χ0) is 35.1. The first-order valence-electron chi connectivity index (χ1n) is 16.0. The normalized spacial score (nSPS) is 17.2. The molecule has 14 nitrogen and oxygen atoms in total. The van der Waals surface area contributed by atoms with Crippen LogP contribution < -0.4 is 37.2 Å². The molecular weight excluding hydrogens is 630 g/mol. The molecule has 49 heavy (non-hydrogen) atoms. The van der Waals surface area contributed by atoms with Crippen molar-refractivity contribution in [1.82, 2.24) is 25.5 Å². The molecule has 14 heteroatoms. The van der Waals surface area contributed by atoms with Crippen molar-refractivity contribution in [2.45, 2.75) is 51.7 Å². The number of phenols is 1. The van der Waals surface area contributed by atoms with Crippen LogP contribution in [0.25, 0.3) is 11.0 Å². The number of amides is 4. The third-order valence-corrected chi connectivity index (χ3v) is 8.08. The molecule has 0 saturated heterocycles. The van der Waals surface area contributed by atoms with Crippen LogP contribution in [-0.4, -0.2) is 70.1 Å². The van der Waals surface area contributed by atoms with E-state index in [1.807, 2.05) is 13.8 Å². The molecule has 4 aromatic rings. The number of aromatic hydroxyl groups is 1. The van der Waals surface area contributed by atoms with Gasteiger partial charge in [-0.2, -0.15) is 0 Å². The number of nitrogens with two attached hydrogens (primary N) is 1. The summed E-state index contributed by atoms with van der Waals surface area (Å²) in [4.78, 5) is 70.6. The molecule has 2 atom stereocenters. The zero-order valence-corrected chi connectivity index (χ0v) is 27.2. The summed E-state index contributed by atoms with van der Waals surface area (Å²) in [6.07, 6.45) is 1.87. The van der Waals surface area contributed by atoms with E-state index >= 15 is 0 Å². The van der Waals surface area contributed by atoms with E-state index < -0.39 is 41.1 Å². The minimum absolute atomic E-state index is 0.0394. The van der Waals surface area contributed by atoms with Gasteiger partial charge in [0.25, 0.3) is 11.8 Å². The maximum absolute atomic E-state index is 13.4. The van der Waals surface area contributed by atoms with E-state index in [1.54, 1.807) is 28.8 Å². The molecule has 0 fully saturated rings. The molecule has 2 aromatic heterocycles. The van der Waals surface area contributed by atoms with Crippen LogP contribution in [0.1, 0.15) is 51.7 Å². The molecule has 7 N–H and O–H groups in total. The number of aromatic nitrogens is 2. The van der Waals surface area contributed by atoms with Gasteiger partial charge in [-0.15, -0.1) is 0 Å². The Labute approximate surface area is 282 Å². The number of pyridine rings is 2. The second-order valence-corrected chi connectivity index (χ2v) is 11.7. The highest BCUT2D eigenvalue weighted by Crippen LogP contribution is 2.25. The second kappa shape index (κ2) is 15.4. The fourth-order valence-corrected chi connectivity index (χ4v) is 5.52. The van der Waals surface area contributed by atoms with Gasteiger partial charge in [-0.05, 0) is 81.3 Å². The first-order chi connectivity index (χ1) is 23.6. The van der Waals surface area contributed by atoms with Gasteiger partial charge in [-0.1, -0.05) is 12.1 Å². The molecule has 0 aliphatic carbocycles. The van der Waals surface area contributed by atoms with Crippen LogP contribution in [-0.2, 0) is 22.6 Å². The first-order valence-corrected chi connectivity index (χ1v) is 16.0. The average Bonchev–Trinajstić information content (AvgIpc) is 3.08. The maximum atomic E-state index is 13.4. The van der Waals surface area contributed by atoms with Crippen molar-refractivity contribution in [3.8, 4) is 11.5 Å². The number of hydrogen-bond donors (Lipinski definition) is 6. The van der Waals surface area contributed by atoms with Gasteiger partial charge in [-0.25, -0.2) is 4.98 Å². The Morgan fingerprint density at radius 3 is 2.59 bits per heavy atom. The van der Waals surface area contributed by atoms with Crippen molar-refractivity contribution in [2.24, 2.45) is 5.73 Å². The number of nitrogens with zero attached hydrogens (tertiary/aromatic N) is 2. The number of phenolic OH excluding ortho intramolecular Hbond substituents is 1. The molecule has 1 aliphatic rings. The Morgan fingerprint density at radius 1 is 1.08 bits per heavy atom. The maximum Gasteiger partial charge on any atom is 0.261 e. The quantitative estimate of drug-likeness (QED) is 0.169. The molecule has 3 heterocycles. The molecule has 256 valence electrons. The highest BCUT2D eigenvalue weighted by atomic mass is 16.5. The number of carbonyl (C=O) groups excluding carboxylic acids is 4. The van der Waals surface area contributed by atoms with Crippen LogP contribution in [0.2, 0.25) is 0 Å². The monoisotopic (exact) mass is 669 g/mol. The Hall–Kier alpha value is -5.76. The standard InChI is InChI=1S/C35H39N7O7/c1-3-42-18-27(31(45)25-10-4-20(2)38-32(25)42)34(47)39-22-7-11-29-26(17-22)33(46)37-15-13-30(44)41-28(12-14-36)35(48)40-23(19-49-29)16-21-5-8-24(43)9-6-21/h4-11,17-18,23,28,43H,3,12-16,19,36H2,1-2H3,(H,37,46)(H,39,47)(H,40,48)(H,41,44)/t23-,28-/m1/s1. The molecule has 0 spiro atoms. The van der Waals surface area contributed by atoms with Crippen LogP contribution in [0.15, 0.2) is 65.6 Å². The molecular formula is C35H39N7O7. The number of ether oxygens (including phenoxy) is 1. The highest BCUT2D eigenvalue weighted by Gasteiger charge is 2.25. The van der Waals surface area contributed by atoms with E-state index in [0.29, 0.717) is 24.0 Å². The summed E-state index contributed by atoms with van der Waals surface area (Å²) in [7, 11) is 0. The van der Waals surface area contributed by atoms with Gasteiger partial charge >= 0.3 is 0 Å². The summed E-state index contributed by atoms with van der Waals surface area (Å²) in [5, 5.41) is 21.1. The summed E-state index contributed by atoms with van der Waals surface area (Å²) in [6.45, 7) is 4.23. The van der Waals surface area contributed by atoms with Crippen LogP contribution in [0.4, 0.5) is 5.69 Å². The average molecular weight is 670 g/mol. The number of anilines is 1. The second-order valence-electron chi connectivity index (χ2n) is 11.7. The van der Waals surface area contributed by atoms with Crippen molar-refractivity contribution < 1.29 is 29.0 Å². The molecule has 0 radical (unpaired) electrons. The third-order valence-electron chi connectivity index (χ3n) is 8.08. The lowest BCUT2D eigenvalue weighted by molar-refractivity contribution is -0.129.